The fourth-order valence-electron chi connectivity index (χ4n) is 2.07. The van der Waals surface area contributed by atoms with Crippen LogP contribution in [0.4, 0.5) is 0 Å². The van der Waals surface area contributed by atoms with E-state index in [0.29, 0.717) is 0 Å². The fourth-order valence-corrected chi connectivity index (χ4v) is 2.07. The van der Waals surface area contributed by atoms with Crippen LogP contribution in [0.25, 0.3) is 0 Å². The lowest BCUT2D eigenvalue weighted by Gasteiger charge is -2.26. The second kappa shape index (κ2) is 8.57. The third kappa shape index (κ3) is 4.97. The maximum absolute atomic E-state index is 5.77. The molecular formula is C13H26N2O. The van der Waals surface area contributed by atoms with Crippen LogP contribution in [0.2, 0.25) is 0 Å². The zero-order valence-electron chi connectivity index (χ0n) is 10.8. The summed E-state index contributed by atoms with van der Waals surface area (Å²) in [4.78, 5) is 6.49. The van der Waals surface area contributed by atoms with Gasteiger partial charge in [0.15, 0.2) is 0 Å². The molecule has 0 N–H and O–H groups in total. The van der Waals surface area contributed by atoms with Crippen molar-refractivity contribution in [1.29, 1.82) is 0 Å². The smallest absolute Gasteiger partial charge is 0.130 e. The van der Waals surface area contributed by atoms with Crippen molar-refractivity contribution in [1.82, 2.24) is 4.90 Å². The molecule has 16 heavy (non-hydrogen) atoms. The Bertz CT molecular complexity index is 194. The van der Waals surface area contributed by atoms with Crippen molar-refractivity contribution in [2.24, 2.45) is 4.99 Å². The molecule has 0 saturated carbocycles. The van der Waals surface area contributed by atoms with Gasteiger partial charge in [-0.1, -0.05) is 32.6 Å². The number of unbranched alkanes of at least 4 members (excludes halogenated alkanes) is 4. The van der Waals surface area contributed by atoms with Crippen molar-refractivity contribution in [3.05, 3.63) is 0 Å². The van der Waals surface area contributed by atoms with E-state index in [1.54, 1.807) is 0 Å². The zero-order chi connectivity index (χ0) is 11.6. The average molecular weight is 226 g/mol. The van der Waals surface area contributed by atoms with E-state index in [1.165, 1.54) is 32.1 Å². The first-order chi connectivity index (χ1) is 7.88. The van der Waals surface area contributed by atoms with Crippen LogP contribution in [0.5, 0.6) is 0 Å². The van der Waals surface area contributed by atoms with E-state index in [1.807, 2.05) is 6.34 Å². The highest BCUT2D eigenvalue weighted by atomic mass is 16.5. The molecule has 1 heterocycles. The van der Waals surface area contributed by atoms with Crippen molar-refractivity contribution in [2.75, 3.05) is 19.7 Å². The molecular weight excluding hydrogens is 200 g/mol. The highest BCUT2D eigenvalue weighted by Crippen LogP contribution is 2.13. The molecule has 0 aliphatic carbocycles. The Morgan fingerprint density at radius 1 is 1.25 bits per heavy atom. The van der Waals surface area contributed by atoms with Crippen LogP contribution in [-0.4, -0.2) is 37.2 Å². The molecule has 1 unspecified atom stereocenters. The first-order valence-corrected chi connectivity index (χ1v) is 6.75. The topological polar surface area (TPSA) is 24.8 Å². The first-order valence-electron chi connectivity index (χ1n) is 6.75. The second-order valence-corrected chi connectivity index (χ2v) is 4.37. The SMILES string of the molecule is CCCCCCCC(OCC)N1C=NCC1. The number of rotatable bonds is 9. The van der Waals surface area contributed by atoms with Gasteiger partial charge < -0.3 is 9.64 Å². The monoisotopic (exact) mass is 226 g/mol. The van der Waals surface area contributed by atoms with Crippen LogP contribution in [0.15, 0.2) is 4.99 Å². The molecule has 0 aromatic heterocycles. The summed E-state index contributed by atoms with van der Waals surface area (Å²) >= 11 is 0. The molecule has 3 nitrogen and oxygen atoms in total. The maximum Gasteiger partial charge on any atom is 0.130 e. The van der Waals surface area contributed by atoms with Crippen molar-refractivity contribution in [3.8, 4) is 0 Å². The molecule has 0 aromatic rings. The fraction of sp³-hybridized carbons (Fsp3) is 0.923. The van der Waals surface area contributed by atoms with Gasteiger partial charge in [-0.25, -0.2) is 0 Å². The normalized spacial score (nSPS) is 17.0. The van der Waals surface area contributed by atoms with Gasteiger partial charge >= 0.3 is 0 Å². The Hall–Kier alpha value is -0.570. The van der Waals surface area contributed by atoms with Crippen LogP contribution in [0.1, 0.15) is 52.4 Å². The van der Waals surface area contributed by atoms with Crippen molar-refractivity contribution in [2.45, 2.75) is 58.6 Å². The van der Waals surface area contributed by atoms with Gasteiger partial charge in [0, 0.05) is 13.2 Å². The van der Waals surface area contributed by atoms with Crippen LogP contribution in [0, 0.1) is 0 Å². The molecule has 0 aromatic carbocycles. The standard InChI is InChI=1S/C13H26N2O/c1-3-5-6-7-8-9-13(16-4-2)15-11-10-14-12-15/h12-13H,3-11H2,1-2H3. The van der Waals surface area contributed by atoms with Gasteiger partial charge in [0.1, 0.15) is 6.23 Å². The second-order valence-electron chi connectivity index (χ2n) is 4.37. The Labute approximate surface area is 99.9 Å². The van der Waals surface area contributed by atoms with Crippen molar-refractivity contribution >= 4 is 6.34 Å². The Kier molecular flexibility index (Phi) is 7.23. The Balaban J connectivity index is 2.14. The summed E-state index contributed by atoms with van der Waals surface area (Å²) in [5.41, 5.74) is 0. The minimum atomic E-state index is 0.262. The van der Waals surface area contributed by atoms with E-state index in [2.05, 4.69) is 23.7 Å². The maximum atomic E-state index is 5.77. The van der Waals surface area contributed by atoms with Crippen molar-refractivity contribution in [3.63, 3.8) is 0 Å². The van der Waals surface area contributed by atoms with Gasteiger partial charge in [0.2, 0.25) is 0 Å². The molecule has 0 spiro atoms. The third-order valence-electron chi connectivity index (χ3n) is 3.00. The van der Waals surface area contributed by atoms with Crippen molar-refractivity contribution < 1.29 is 4.74 Å². The highest BCUT2D eigenvalue weighted by molar-refractivity contribution is 5.57. The molecule has 1 aliphatic rings. The molecule has 0 radical (unpaired) electrons. The summed E-state index contributed by atoms with van der Waals surface area (Å²) in [6, 6.07) is 0. The van der Waals surface area contributed by atoms with E-state index in [4.69, 9.17) is 4.74 Å². The van der Waals surface area contributed by atoms with E-state index in [9.17, 15) is 0 Å². The van der Waals surface area contributed by atoms with E-state index in [0.717, 1.165) is 26.1 Å². The molecule has 0 saturated heterocycles. The lowest BCUT2D eigenvalue weighted by atomic mass is 10.1. The Morgan fingerprint density at radius 3 is 2.69 bits per heavy atom. The summed E-state index contributed by atoms with van der Waals surface area (Å²) in [5, 5.41) is 0. The van der Waals surface area contributed by atoms with Gasteiger partial charge in [0.25, 0.3) is 0 Å². The van der Waals surface area contributed by atoms with Gasteiger partial charge in [0.05, 0.1) is 12.9 Å². The molecule has 0 fully saturated rings. The average Bonchev–Trinajstić information content (AvgIpc) is 2.81. The zero-order valence-corrected chi connectivity index (χ0v) is 10.8. The molecule has 0 amide bonds. The molecule has 1 atom stereocenters. The summed E-state index contributed by atoms with van der Waals surface area (Å²) in [5.74, 6) is 0. The summed E-state index contributed by atoms with van der Waals surface area (Å²) in [7, 11) is 0. The van der Waals surface area contributed by atoms with E-state index >= 15 is 0 Å². The number of hydrogen-bond donors (Lipinski definition) is 0. The van der Waals surface area contributed by atoms with Gasteiger partial charge in [-0.05, 0) is 19.8 Å². The number of aliphatic imine (C=N–C) groups is 1. The van der Waals surface area contributed by atoms with Crippen LogP contribution in [0.3, 0.4) is 0 Å². The predicted octanol–water partition coefficient (Wildman–Crippen LogP) is 3.05. The summed E-state index contributed by atoms with van der Waals surface area (Å²) < 4.78 is 5.77. The first kappa shape index (κ1) is 13.5. The van der Waals surface area contributed by atoms with E-state index < -0.39 is 0 Å². The third-order valence-corrected chi connectivity index (χ3v) is 3.00. The Morgan fingerprint density at radius 2 is 2.06 bits per heavy atom. The molecule has 94 valence electrons. The van der Waals surface area contributed by atoms with Crippen LogP contribution < -0.4 is 0 Å². The minimum absolute atomic E-state index is 0.262. The molecule has 1 aliphatic heterocycles. The van der Waals surface area contributed by atoms with Crippen LogP contribution in [-0.2, 0) is 4.74 Å². The van der Waals surface area contributed by atoms with Gasteiger partial charge in [-0.3, -0.25) is 4.99 Å². The van der Waals surface area contributed by atoms with Gasteiger partial charge in [-0.2, -0.15) is 0 Å². The van der Waals surface area contributed by atoms with E-state index in [-0.39, 0.29) is 6.23 Å². The minimum Gasteiger partial charge on any atom is -0.359 e. The molecule has 0 bridgehead atoms. The quantitative estimate of drug-likeness (QED) is 0.564. The van der Waals surface area contributed by atoms with Gasteiger partial charge in [-0.15, -0.1) is 0 Å². The largest absolute Gasteiger partial charge is 0.359 e. The molecule has 1 rings (SSSR count). The number of ether oxygens (including phenoxy) is 1. The lowest BCUT2D eigenvalue weighted by molar-refractivity contribution is -0.0202. The summed E-state index contributed by atoms with van der Waals surface area (Å²) in [6.45, 7) is 7.07. The predicted molar refractivity (Wildman–Crippen MR) is 68.9 cm³/mol. The summed E-state index contributed by atoms with van der Waals surface area (Å²) in [6.07, 6.45) is 10.0. The number of nitrogens with zero attached hydrogens (tertiary/aromatic N) is 2. The molecule has 3 heteroatoms. The lowest BCUT2D eigenvalue weighted by Crippen LogP contribution is -2.35. The highest BCUT2D eigenvalue weighted by Gasteiger charge is 2.17. The number of hydrogen-bond acceptors (Lipinski definition) is 3. The van der Waals surface area contributed by atoms with Crippen LogP contribution >= 0.6 is 0 Å².